The molecule has 0 aliphatic carbocycles. The minimum atomic E-state index is -3.80. The van der Waals surface area contributed by atoms with E-state index in [0.717, 1.165) is 0 Å². The van der Waals surface area contributed by atoms with Crippen molar-refractivity contribution < 1.29 is 22.7 Å². The number of nitrogens with one attached hydrogen (secondary N) is 2. The van der Waals surface area contributed by atoms with Crippen LogP contribution in [0.25, 0.3) is 0 Å². The summed E-state index contributed by atoms with van der Waals surface area (Å²) in [5.74, 6) is -0.480. The van der Waals surface area contributed by atoms with Crippen LogP contribution in [-0.2, 0) is 14.8 Å². The summed E-state index contributed by atoms with van der Waals surface area (Å²) in [4.78, 5) is 24.6. The number of amides is 2. The molecule has 0 aromatic heterocycles. The lowest BCUT2D eigenvalue weighted by molar-refractivity contribution is 0.0635. The zero-order chi connectivity index (χ0) is 24.1. The first-order chi connectivity index (χ1) is 14.9. The van der Waals surface area contributed by atoms with Crippen molar-refractivity contribution >= 4 is 45.0 Å². The van der Waals surface area contributed by atoms with Crippen molar-refractivity contribution in [1.29, 1.82) is 0 Å². The first-order valence-electron chi connectivity index (χ1n) is 10.1. The van der Waals surface area contributed by atoms with Gasteiger partial charge in [-0.15, -0.1) is 0 Å². The van der Waals surface area contributed by atoms with Crippen molar-refractivity contribution in [3.63, 3.8) is 0 Å². The molecule has 0 aliphatic rings. The van der Waals surface area contributed by atoms with Crippen LogP contribution >= 0.6 is 11.6 Å². The first kappa shape index (κ1) is 25.6. The Morgan fingerprint density at radius 3 is 2.22 bits per heavy atom. The van der Waals surface area contributed by atoms with Gasteiger partial charge in [-0.2, -0.15) is 4.31 Å². The highest BCUT2D eigenvalue weighted by molar-refractivity contribution is 7.89. The van der Waals surface area contributed by atoms with Gasteiger partial charge in [-0.1, -0.05) is 31.5 Å². The normalized spacial score (nSPS) is 11.8. The molecule has 0 heterocycles. The SMILES string of the molecule is CCN(CC)S(=O)(=O)c1cc(NC(=O)c2cccc(NC(=O)OC(C)(C)C)c2)ccc1Cl. The fourth-order valence-corrected chi connectivity index (χ4v) is 4.80. The van der Waals surface area contributed by atoms with Crippen molar-refractivity contribution in [3.05, 3.63) is 53.1 Å². The molecule has 0 atom stereocenters. The molecule has 0 saturated heterocycles. The fraction of sp³-hybridized carbons (Fsp3) is 0.364. The van der Waals surface area contributed by atoms with E-state index in [4.69, 9.17) is 16.3 Å². The van der Waals surface area contributed by atoms with E-state index in [9.17, 15) is 18.0 Å². The smallest absolute Gasteiger partial charge is 0.412 e. The minimum Gasteiger partial charge on any atom is -0.444 e. The highest BCUT2D eigenvalue weighted by Crippen LogP contribution is 2.28. The van der Waals surface area contributed by atoms with Gasteiger partial charge >= 0.3 is 6.09 Å². The zero-order valence-electron chi connectivity index (χ0n) is 18.7. The van der Waals surface area contributed by atoms with Gasteiger partial charge in [-0.05, 0) is 57.2 Å². The predicted molar refractivity (Wildman–Crippen MR) is 126 cm³/mol. The van der Waals surface area contributed by atoms with E-state index in [1.807, 2.05) is 0 Å². The first-order valence-corrected chi connectivity index (χ1v) is 11.9. The maximum atomic E-state index is 12.8. The van der Waals surface area contributed by atoms with Crippen molar-refractivity contribution in [2.45, 2.75) is 45.1 Å². The lowest BCUT2D eigenvalue weighted by Crippen LogP contribution is -2.30. The van der Waals surface area contributed by atoms with Crippen molar-refractivity contribution in [3.8, 4) is 0 Å². The summed E-state index contributed by atoms with van der Waals surface area (Å²) in [6, 6.07) is 10.6. The fourth-order valence-electron chi connectivity index (χ4n) is 2.84. The van der Waals surface area contributed by atoms with Crippen LogP contribution in [0.15, 0.2) is 47.4 Å². The molecular formula is C22H28ClN3O5S. The molecule has 0 radical (unpaired) electrons. The van der Waals surface area contributed by atoms with Gasteiger partial charge in [0, 0.05) is 30.0 Å². The molecule has 2 aromatic rings. The number of benzene rings is 2. The quantitative estimate of drug-likeness (QED) is 0.580. The van der Waals surface area contributed by atoms with Gasteiger partial charge in [0.25, 0.3) is 5.91 Å². The summed E-state index contributed by atoms with van der Waals surface area (Å²) in [5.41, 5.74) is 0.265. The number of nitrogens with zero attached hydrogens (tertiary/aromatic N) is 1. The number of hydrogen-bond acceptors (Lipinski definition) is 5. The molecule has 2 amide bonds. The van der Waals surface area contributed by atoms with Crippen LogP contribution in [0.3, 0.4) is 0 Å². The Morgan fingerprint density at radius 2 is 1.62 bits per heavy atom. The lowest BCUT2D eigenvalue weighted by atomic mass is 10.2. The average Bonchev–Trinajstić information content (AvgIpc) is 2.68. The van der Waals surface area contributed by atoms with E-state index < -0.39 is 27.6 Å². The summed E-state index contributed by atoms with van der Waals surface area (Å²) in [6.45, 7) is 9.30. The Kier molecular flexibility index (Phi) is 8.28. The zero-order valence-corrected chi connectivity index (χ0v) is 20.3. The number of hydrogen-bond donors (Lipinski definition) is 2. The van der Waals surface area contributed by atoms with E-state index >= 15 is 0 Å². The van der Waals surface area contributed by atoms with Crippen molar-refractivity contribution in [2.75, 3.05) is 23.7 Å². The number of anilines is 2. The summed E-state index contributed by atoms with van der Waals surface area (Å²) < 4.78 is 32.2. The minimum absolute atomic E-state index is 0.0680. The monoisotopic (exact) mass is 481 g/mol. The highest BCUT2D eigenvalue weighted by Gasteiger charge is 2.25. The highest BCUT2D eigenvalue weighted by atomic mass is 35.5. The number of carbonyl (C=O) groups is 2. The van der Waals surface area contributed by atoms with Gasteiger partial charge < -0.3 is 10.1 Å². The largest absolute Gasteiger partial charge is 0.444 e. The second-order valence-electron chi connectivity index (χ2n) is 7.90. The van der Waals surface area contributed by atoms with Gasteiger partial charge in [0.2, 0.25) is 10.0 Å². The van der Waals surface area contributed by atoms with Crippen LogP contribution in [0.2, 0.25) is 5.02 Å². The molecule has 2 aromatic carbocycles. The van der Waals surface area contributed by atoms with E-state index in [1.165, 1.54) is 28.6 Å². The summed E-state index contributed by atoms with van der Waals surface area (Å²) in [5, 5.41) is 5.31. The lowest BCUT2D eigenvalue weighted by Gasteiger charge is -2.20. The maximum absolute atomic E-state index is 12.8. The number of sulfonamides is 1. The van der Waals surface area contributed by atoms with Crippen LogP contribution in [0.5, 0.6) is 0 Å². The van der Waals surface area contributed by atoms with Gasteiger partial charge in [0.1, 0.15) is 10.5 Å². The Balaban J connectivity index is 2.22. The molecular weight excluding hydrogens is 454 g/mol. The molecule has 0 aliphatic heterocycles. The Bertz CT molecular complexity index is 1090. The third-order valence-corrected chi connectivity index (χ3v) is 6.81. The third-order valence-electron chi connectivity index (χ3n) is 4.28. The molecule has 174 valence electrons. The standard InChI is InChI=1S/C22H28ClN3O5S/c1-6-26(7-2)32(29,30)19-14-17(11-12-18(19)23)24-20(27)15-9-8-10-16(13-15)25-21(28)31-22(3,4)5/h8-14H,6-7H2,1-5H3,(H,24,27)(H,25,28). The Labute approximate surface area is 193 Å². The van der Waals surface area contributed by atoms with Gasteiger partial charge in [0.15, 0.2) is 0 Å². The third kappa shape index (κ3) is 6.69. The van der Waals surface area contributed by atoms with E-state index in [1.54, 1.807) is 52.8 Å². The van der Waals surface area contributed by atoms with Gasteiger partial charge in [0.05, 0.1) is 5.02 Å². The summed E-state index contributed by atoms with van der Waals surface area (Å²) >= 11 is 6.14. The van der Waals surface area contributed by atoms with Crippen LogP contribution in [0, 0.1) is 0 Å². The molecule has 2 rings (SSSR count). The van der Waals surface area contributed by atoms with Crippen LogP contribution < -0.4 is 10.6 Å². The van der Waals surface area contributed by atoms with Crippen LogP contribution in [0.1, 0.15) is 45.0 Å². The average molecular weight is 482 g/mol. The molecule has 10 heteroatoms. The second-order valence-corrected chi connectivity index (χ2v) is 10.2. The van der Waals surface area contributed by atoms with Crippen LogP contribution in [-0.4, -0.2) is 43.4 Å². The summed E-state index contributed by atoms with van der Waals surface area (Å²) in [7, 11) is -3.80. The Hall–Kier alpha value is -2.62. The topological polar surface area (TPSA) is 105 Å². The van der Waals surface area contributed by atoms with E-state index in [0.29, 0.717) is 18.8 Å². The number of carbonyl (C=O) groups excluding carboxylic acids is 2. The van der Waals surface area contributed by atoms with E-state index in [-0.39, 0.29) is 21.2 Å². The second kappa shape index (κ2) is 10.3. The molecule has 0 spiro atoms. The molecule has 32 heavy (non-hydrogen) atoms. The van der Waals surface area contributed by atoms with Crippen molar-refractivity contribution in [1.82, 2.24) is 4.31 Å². The number of ether oxygens (including phenoxy) is 1. The van der Waals surface area contributed by atoms with E-state index in [2.05, 4.69) is 10.6 Å². The van der Waals surface area contributed by atoms with Crippen molar-refractivity contribution in [2.24, 2.45) is 0 Å². The predicted octanol–water partition coefficient (Wildman–Crippen LogP) is 4.97. The molecule has 0 bridgehead atoms. The molecule has 2 N–H and O–H groups in total. The molecule has 0 saturated carbocycles. The molecule has 8 nitrogen and oxygen atoms in total. The van der Waals surface area contributed by atoms with Gasteiger partial charge in [-0.3, -0.25) is 10.1 Å². The number of halogens is 1. The molecule has 0 fully saturated rings. The van der Waals surface area contributed by atoms with Crippen LogP contribution in [0.4, 0.5) is 16.2 Å². The Morgan fingerprint density at radius 1 is 1.00 bits per heavy atom. The maximum Gasteiger partial charge on any atom is 0.412 e. The van der Waals surface area contributed by atoms with Gasteiger partial charge in [-0.25, -0.2) is 13.2 Å². The number of rotatable bonds is 7. The summed E-state index contributed by atoms with van der Waals surface area (Å²) in [6.07, 6.45) is -0.640. The molecule has 0 unspecified atom stereocenters.